The molecule has 0 radical (unpaired) electrons. The van der Waals surface area contributed by atoms with Gasteiger partial charge >= 0.3 is 0 Å². The molecule has 0 spiro atoms. The first-order valence-electron chi connectivity index (χ1n) is 17.1. The number of halogens is 1. The van der Waals surface area contributed by atoms with Crippen molar-refractivity contribution < 1.29 is 9.53 Å². The minimum Gasteiger partial charge on any atom is -0.489 e. The highest BCUT2D eigenvalue weighted by molar-refractivity contribution is 6.31. The Kier molecular flexibility index (Phi) is 9.79. The van der Waals surface area contributed by atoms with Crippen LogP contribution in [0.1, 0.15) is 62.2 Å². The highest BCUT2D eigenvalue weighted by atomic mass is 35.5. The van der Waals surface area contributed by atoms with Crippen LogP contribution in [0.3, 0.4) is 0 Å². The van der Waals surface area contributed by atoms with E-state index in [0.717, 1.165) is 75.9 Å². The van der Waals surface area contributed by atoms with Gasteiger partial charge in [0, 0.05) is 74.9 Å². The summed E-state index contributed by atoms with van der Waals surface area (Å²) in [5, 5.41) is 12.8. The smallest absolute Gasteiger partial charge is 0.253 e. The first-order chi connectivity index (χ1) is 23.4. The van der Waals surface area contributed by atoms with E-state index in [1.807, 2.05) is 24.4 Å². The van der Waals surface area contributed by atoms with Crippen LogP contribution in [-0.4, -0.2) is 78.7 Å². The fraction of sp³-hybridized carbons (Fsp3) is 0.474. The van der Waals surface area contributed by atoms with Crippen molar-refractivity contribution in [3.05, 3.63) is 83.3 Å². The average Bonchev–Trinajstić information content (AvgIpc) is 3.10. The molecule has 3 N–H and O–H groups in total. The van der Waals surface area contributed by atoms with Crippen LogP contribution in [0, 0.1) is 28.1 Å². The maximum Gasteiger partial charge on any atom is 0.253 e. The van der Waals surface area contributed by atoms with Crippen LogP contribution in [0.4, 0.5) is 11.5 Å². The zero-order valence-corrected chi connectivity index (χ0v) is 29.7. The number of carbonyl (C=O) groups is 1. The third kappa shape index (κ3) is 7.19. The molecule has 4 heterocycles. The molecule has 2 saturated heterocycles. The second kappa shape index (κ2) is 13.9. The molecule has 1 aliphatic carbocycles. The normalized spacial score (nSPS) is 22.1. The zero-order chi connectivity index (χ0) is 34.9. The summed E-state index contributed by atoms with van der Waals surface area (Å²) in [4.78, 5) is 29.8. The number of piperidine rings is 1. The van der Waals surface area contributed by atoms with Crippen molar-refractivity contribution in [1.82, 2.24) is 20.2 Å². The molecule has 10 nitrogen and oxygen atoms in total. The molecule has 3 aliphatic rings. The average molecular weight is 683 g/mol. The molecule has 1 amide bonds. The number of piperazine rings is 1. The Morgan fingerprint density at radius 2 is 1.71 bits per heavy atom. The van der Waals surface area contributed by atoms with Crippen molar-refractivity contribution in [3.63, 3.8) is 0 Å². The number of hydrogen-bond donors (Lipinski definition) is 2. The van der Waals surface area contributed by atoms with Gasteiger partial charge in [0.15, 0.2) is 0 Å². The third-order valence-electron chi connectivity index (χ3n) is 10.7. The molecule has 3 fully saturated rings. The number of anilines is 2. The molecule has 2 aromatic heterocycles. The molecule has 1 saturated carbocycles. The number of nitrogens with zero attached hydrogens (tertiary/aromatic N) is 6. The van der Waals surface area contributed by atoms with Crippen molar-refractivity contribution in [2.75, 3.05) is 55.6 Å². The highest BCUT2D eigenvalue weighted by Crippen LogP contribution is 2.55. The maximum atomic E-state index is 13.4. The van der Waals surface area contributed by atoms with Crippen molar-refractivity contribution in [2.45, 2.75) is 52.7 Å². The Hall–Kier alpha value is -4.33. The molecule has 6 rings (SSSR count). The van der Waals surface area contributed by atoms with Gasteiger partial charge in [-0.2, -0.15) is 5.26 Å². The van der Waals surface area contributed by atoms with Crippen LogP contribution in [0.25, 0.3) is 5.70 Å². The highest BCUT2D eigenvalue weighted by Gasteiger charge is 2.64. The summed E-state index contributed by atoms with van der Waals surface area (Å²) in [7, 11) is 0. The maximum absolute atomic E-state index is 13.4. The number of ether oxygens (including phenoxy) is 1. The van der Waals surface area contributed by atoms with Crippen molar-refractivity contribution in [1.29, 1.82) is 5.26 Å². The van der Waals surface area contributed by atoms with E-state index in [9.17, 15) is 10.1 Å². The quantitative estimate of drug-likeness (QED) is 0.298. The number of hydrogen-bond acceptors (Lipinski definition) is 9. The lowest BCUT2D eigenvalue weighted by molar-refractivity contribution is -0.164. The van der Waals surface area contributed by atoms with Crippen molar-refractivity contribution in [2.24, 2.45) is 22.5 Å². The van der Waals surface area contributed by atoms with Crippen LogP contribution >= 0.6 is 11.6 Å². The Balaban J connectivity index is 0.959. The molecule has 11 heteroatoms. The minimum absolute atomic E-state index is 0.117. The van der Waals surface area contributed by atoms with E-state index < -0.39 is 0 Å². The number of benzene rings is 1. The van der Waals surface area contributed by atoms with Gasteiger partial charge in [0.25, 0.3) is 5.91 Å². The van der Waals surface area contributed by atoms with Gasteiger partial charge < -0.3 is 25.6 Å². The van der Waals surface area contributed by atoms with Gasteiger partial charge in [0.1, 0.15) is 23.7 Å². The number of amides is 1. The van der Waals surface area contributed by atoms with Gasteiger partial charge in [-0.15, -0.1) is 0 Å². The van der Waals surface area contributed by atoms with E-state index >= 15 is 0 Å². The fourth-order valence-electron chi connectivity index (χ4n) is 8.18. The number of carbonyl (C=O) groups excluding carboxylic acids is 1. The lowest BCUT2D eigenvalue weighted by atomic mass is 9.49. The number of aromatic nitrogens is 2. The molecule has 0 bridgehead atoms. The summed E-state index contributed by atoms with van der Waals surface area (Å²) in [6, 6.07) is 14.9. The Bertz CT molecular complexity index is 1690. The number of nitriles is 1. The van der Waals surface area contributed by atoms with Crippen LogP contribution in [0.5, 0.6) is 5.75 Å². The van der Waals surface area contributed by atoms with Gasteiger partial charge in [-0.05, 0) is 55.2 Å². The van der Waals surface area contributed by atoms with E-state index in [-0.39, 0.29) is 28.9 Å². The standard InChI is InChI=1S/C38H47ClN8O2/c1-25(41)32-10-8-29(23-42-32)46-18-16-45(17-19-46)24-26-12-14-47(15-13-26)33-11-7-28(22-43-33)34(48)44-35-37(2,3)36(38(35,4)5)49-30-9-6-27(21-40)31(39)20-30/h6-11,20,22-23,26,35-36H,1,12-19,24,41H2,2-5H3,(H,44,48). The summed E-state index contributed by atoms with van der Waals surface area (Å²) in [6.07, 6.45) is 5.67. The van der Waals surface area contributed by atoms with Crippen molar-refractivity contribution >= 4 is 34.7 Å². The topological polar surface area (TPSA) is 124 Å². The lowest BCUT2D eigenvalue weighted by Crippen LogP contribution is -2.74. The van der Waals surface area contributed by atoms with E-state index in [1.54, 1.807) is 24.4 Å². The number of nitrogens with one attached hydrogen (secondary N) is 1. The van der Waals surface area contributed by atoms with Gasteiger partial charge in [0.2, 0.25) is 0 Å². The predicted octanol–water partition coefficient (Wildman–Crippen LogP) is 5.58. The minimum atomic E-state index is -0.338. The summed E-state index contributed by atoms with van der Waals surface area (Å²) in [6.45, 7) is 19.3. The monoisotopic (exact) mass is 682 g/mol. The first kappa shape index (κ1) is 34.5. The number of rotatable bonds is 9. The third-order valence-corrected chi connectivity index (χ3v) is 11.0. The van der Waals surface area contributed by atoms with Gasteiger partial charge in [0.05, 0.1) is 39.4 Å². The SMILES string of the molecule is C=C(N)c1ccc(N2CCN(CC3CCN(c4ccc(C(=O)NC5C(C)(C)C(Oc6ccc(C#N)c(Cl)c6)C5(C)C)cn4)CC3)CC2)cn1. The second-order valence-electron chi connectivity index (χ2n) is 14.9. The molecule has 258 valence electrons. The summed E-state index contributed by atoms with van der Waals surface area (Å²) in [5.41, 5.74) is 8.40. The van der Waals surface area contributed by atoms with Crippen LogP contribution in [-0.2, 0) is 0 Å². The molecule has 0 atom stereocenters. The second-order valence-corrected chi connectivity index (χ2v) is 15.3. The zero-order valence-electron chi connectivity index (χ0n) is 29.0. The Morgan fingerprint density at radius 1 is 1.00 bits per heavy atom. The molecule has 3 aromatic rings. The van der Waals surface area contributed by atoms with E-state index in [1.165, 1.54) is 0 Å². The molecule has 0 unspecified atom stereocenters. The Labute approximate surface area is 294 Å². The fourth-order valence-corrected chi connectivity index (χ4v) is 8.39. The van der Waals surface area contributed by atoms with E-state index in [4.69, 9.17) is 27.1 Å². The number of pyridine rings is 2. The van der Waals surface area contributed by atoms with Gasteiger partial charge in [-0.3, -0.25) is 14.7 Å². The Morgan fingerprint density at radius 3 is 2.29 bits per heavy atom. The number of nitrogens with two attached hydrogens (primary N) is 1. The van der Waals surface area contributed by atoms with Crippen molar-refractivity contribution in [3.8, 4) is 11.8 Å². The van der Waals surface area contributed by atoms with E-state index in [2.05, 4.69) is 71.4 Å². The molecule has 1 aromatic carbocycles. The largest absolute Gasteiger partial charge is 0.489 e. The van der Waals surface area contributed by atoms with Crippen LogP contribution in [0.15, 0.2) is 61.4 Å². The molecular formula is C38H47ClN8O2. The van der Waals surface area contributed by atoms with E-state index in [0.29, 0.717) is 33.5 Å². The van der Waals surface area contributed by atoms with Gasteiger partial charge in [-0.1, -0.05) is 45.9 Å². The first-order valence-corrected chi connectivity index (χ1v) is 17.5. The summed E-state index contributed by atoms with van der Waals surface area (Å²) >= 11 is 6.24. The predicted molar refractivity (Wildman–Crippen MR) is 195 cm³/mol. The lowest BCUT2D eigenvalue weighted by Gasteiger charge is -2.63. The van der Waals surface area contributed by atoms with Gasteiger partial charge in [-0.25, -0.2) is 4.98 Å². The molecule has 49 heavy (non-hydrogen) atoms. The molecular weight excluding hydrogens is 636 g/mol. The summed E-state index contributed by atoms with van der Waals surface area (Å²) in [5.74, 6) is 2.05. The summed E-state index contributed by atoms with van der Waals surface area (Å²) < 4.78 is 6.37. The van der Waals surface area contributed by atoms with Crippen LogP contribution < -0.4 is 25.6 Å². The molecule has 2 aliphatic heterocycles. The van der Waals surface area contributed by atoms with Crippen LogP contribution in [0.2, 0.25) is 5.02 Å².